The summed E-state index contributed by atoms with van der Waals surface area (Å²) < 4.78 is 0. The van der Waals surface area contributed by atoms with Gasteiger partial charge >= 0.3 is 6.03 Å². The minimum atomic E-state index is -0.110. The molecule has 1 aliphatic rings. The molecule has 2 unspecified atom stereocenters. The van der Waals surface area contributed by atoms with Crippen molar-refractivity contribution >= 4 is 11.7 Å². The van der Waals surface area contributed by atoms with Crippen LogP contribution in [0.4, 0.5) is 10.5 Å². The summed E-state index contributed by atoms with van der Waals surface area (Å²) in [7, 11) is 0. The van der Waals surface area contributed by atoms with Crippen molar-refractivity contribution in [2.75, 3.05) is 11.9 Å². The second-order valence-electron chi connectivity index (χ2n) is 6.03. The molecule has 116 valence electrons. The fraction of sp³-hybridized carbons (Fsp3) is 0.588. The van der Waals surface area contributed by atoms with Crippen LogP contribution in [-0.2, 0) is 0 Å². The minimum absolute atomic E-state index is 0.110. The molecule has 1 saturated carbocycles. The van der Waals surface area contributed by atoms with Gasteiger partial charge in [0, 0.05) is 17.8 Å². The van der Waals surface area contributed by atoms with Gasteiger partial charge in [-0.2, -0.15) is 0 Å². The summed E-state index contributed by atoms with van der Waals surface area (Å²) >= 11 is 0. The molecule has 0 aromatic heterocycles. The molecule has 3 N–H and O–H groups in total. The lowest BCUT2D eigenvalue weighted by Gasteiger charge is -2.16. The summed E-state index contributed by atoms with van der Waals surface area (Å²) in [6.07, 6.45) is 3.58. The second-order valence-corrected chi connectivity index (χ2v) is 6.03. The molecule has 0 saturated heterocycles. The average molecular weight is 289 g/mol. The number of amides is 2. The van der Waals surface area contributed by atoms with E-state index >= 15 is 0 Å². The Morgan fingerprint density at radius 2 is 2.10 bits per heavy atom. The van der Waals surface area contributed by atoms with Crippen LogP contribution in [0.15, 0.2) is 24.3 Å². The highest BCUT2D eigenvalue weighted by atomic mass is 16.2. The summed E-state index contributed by atoms with van der Waals surface area (Å²) in [4.78, 5) is 12.0. The molecule has 2 atom stereocenters. The van der Waals surface area contributed by atoms with Crippen LogP contribution in [0.3, 0.4) is 0 Å². The van der Waals surface area contributed by atoms with Crippen molar-refractivity contribution in [2.24, 2.45) is 5.92 Å². The summed E-state index contributed by atoms with van der Waals surface area (Å²) in [5.74, 6) is 0.667. The van der Waals surface area contributed by atoms with E-state index in [0.29, 0.717) is 12.0 Å². The number of urea groups is 1. The molecule has 0 aliphatic heterocycles. The Kier molecular flexibility index (Phi) is 5.62. The van der Waals surface area contributed by atoms with Gasteiger partial charge in [-0.15, -0.1) is 0 Å². The Hall–Kier alpha value is -1.55. The van der Waals surface area contributed by atoms with Gasteiger partial charge in [-0.25, -0.2) is 4.79 Å². The van der Waals surface area contributed by atoms with Gasteiger partial charge in [0.05, 0.1) is 0 Å². The van der Waals surface area contributed by atoms with Crippen molar-refractivity contribution < 1.29 is 4.79 Å². The lowest BCUT2D eigenvalue weighted by atomic mass is 10.1. The first-order chi connectivity index (χ1) is 10.1. The first kappa shape index (κ1) is 15.8. The van der Waals surface area contributed by atoms with Crippen LogP contribution >= 0.6 is 0 Å². The number of hydrogen-bond acceptors (Lipinski definition) is 2. The second kappa shape index (κ2) is 7.46. The number of benzene rings is 1. The van der Waals surface area contributed by atoms with E-state index in [-0.39, 0.29) is 12.1 Å². The highest BCUT2D eigenvalue weighted by molar-refractivity contribution is 5.89. The van der Waals surface area contributed by atoms with Gasteiger partial charge in [0.15, 0.2) is 0 Å². The van der Waals surface area contributed by atoms with Crippen molar-refractivity contribution in [2.45, 2.75) is 52.1 Å². The largest absolute Gasteiger partial charge is 0.335 e. The monoisotopic (exact) mass is 289 g/mol. The minimum Gasteiger partial charge on any atom is -0.335 e. The predicted octanol–water partition coefficient (Wildman–Crippen LogP) is 3.67. The Balaban J connectivity index is 1.88. The lowest BCUT2D eigenvalue weighted by molar-refractivity contribution is 0.248. The molecule has 1 fully saturated rings. The topological polar surface area (TPSA) is 53.2 Å². The molecule has 1 aliphatic carbocycles. The maximum atomic E-state index is 12.0. The number of rotatable bonds is 7. The van der Waals surface area contributed by atoms with Gasteiger partial charge in [-0.05, 0) is 63.3 Å². The maximum Gasteiger partial charge on any atom is 0.319 e. The molecule has 1 aromatic carbocycles. The van der Waals surface area contributed by atoms with E-state index < -0.39 is 0 Å². The number of carbonyl (C=O) groups excluding carboxylic acids is 1. The van der Waals surface area contributed by atoms with Crippen molar-refractivity contribution in [3.8, 4) is 0 Å². The Bertz CT molecular complexity index is 471. The molecular weight excluding hydrogens is 262 g/mol. The molecule has 1 aromatic rings. The zero-order valence-corrected chi connectivity index (χ0v) is 13.3. The summed E-state index contributed by atoms with van der Waals surface area (Å²) in [6, 6.07) is 8.48. The normalized spacial score (nSPS) is 17.1. The van der Waals surface area contributed by atoms with Crippen LogP contribution < -0.4 is 16.0 Å². The van der Waals surface area contributed by atoms with Crippen LogP contribution in [0.1, 0.15) is 51.6 Å². The van der Waals surface area contributed by atoms with E-state index in [9.17, 15) is 4.79 Å². The highest BCUT2D eigenvalue weighted by Gasteiger charge is 2.28. The molecule has 2 rings (SSSR count). The summed E-state index contributed by atoms with van der Waals surface area (Å²) in [6.45, 7) is 7.37. The SMILES string of the molecule is CCCNC(C)c1cccc(NC(=O)NC(C)C2CC2)c1. The van der Waals surface area contributed by atoms with Crippen LogP contribution in [0.2, 0.25) is 0 Å². The average Bonchev–Trinajstić information content (AvgIpc) is 3.29. The molecule has 0 heterocycles. The molecule has 21 heavy (non-hydrogen) atoms. The van der Waals surface area contributed by atoms with Gasteiger partial charge in [0.25, 0.3) is 0 Å². The van der Waals surface area contributed by atoms with E-state index in [2.05, 4.69) is 42.8 Å². The smallest absolute Gasteiger partial charge is 0.319 e. The van der Waals surface area contributed by atoms with Gasteiger partial charge in [-0.3, -0.25) is 0 Å². The number of anilines is 1. The van der Waals surface area contributed by atoms with E-state index in [1.807, 2.05) is 18.2 Å². The first-order valence-corrected chi connectivity index (χ1v) is 8.01. The maximum absolute atomic E-state index is 12.0. The van der Waals surface area contributed by atoms with E-state index in [1.165, 1.54) is 18.4 Å². The Morgan fingerprint density at radius 1 is 1.33 bits per heavy atom. The molecule has 2 amide bonds. The van der Waals surface area contributed by atoms with Crippen molar-refractivity contribution in [3.63, 3.8) is 0 Å². The van der Waals surface area contributed by atoms with Crippen LogP contribution in [0, 0.1) is 5.92 Å². The molecule has 4 heteroatoms. The fourth-order valence-electron chi connectivity index (χ4n) is 2.45. The lowest BCUT2D eigenvalue weighted by Crippen LogP contribution is -2.37. The van der Waals surface area contributed by atoms with Crippen molar-refractivity contribution in [1.29, 1.82) is 0 Å². The number of hydrogen-bond donors (Lipinski definition) is 3. The van der Waals surface area contributed by atoms with Gasteiger partial charge in [0.1, 0.15) is 0 Å². The first-order valence-electron chi connectivity index (χ1n) is 8.01. The molecule has 0 radical (unpaired) electrons. The highest BCUT2D eigenvalue weighted by Crippen LogP contribution is 2.32. The quantitative estimate of drug-likeness (QED) is 0.717. The Labute approximate surface area is 127 Å². The summed E-state index contributed by atoms with van der Waals surface area (Å²) in [5, 5.41) is 9.39. The van der Waals surface area contributed by atoms with Crippen LogP contribution in [-0.4, -0.2) is 18.6 Å². The summed E-state index contributed by atoms with van der Waals surface area (Å²) in [5.41, 5.74) is 2.04. The predicted molar refractivity (Wildman–Crippen MR) is 87.5 cm³/mol. The van der Waals surface area contributed by atoms with E-state index in [4.69, 9.17) is 0 Å². The van der Waals surface area contributed by atoms with Crippen molar-refractivity contribution in [1.82, 2.24) is 10.6 Å². The third-order valence-corrected chi connectivity index (χ3v) is 4.03. The number of nitrogens with one attached hydrogen (secondary N) is 3. The van der Waals surface area contributed by atoms with Gasteiger partial charge in [0.2, 0.25) is 0 Å². The zero-order valence-electron chi connectivity index (χ0n) is 13.3. The van der Waals surface area contributed by atoms with Crippen LogP contribution in [0.25, 0.3) is 0 Å². The molecular formula is C17H27N3O. The van der Waals surface area contributed by atoms with Crippen molar-refractivity contribution in [3.05, 3.63) is 29.8 Å². The van der Waals surface area contributed by atoms with E-state index in [1.54, 1.807) is 0 Å². The fourth-order valence-corrected chi connectivity index (χ4v) is 2.45. The third-order valence-electron chi connectivity index (χ3n) is 4.03. The zero-order chi connectivity index (χ0) is 15.2. The third kappa shape index (κ3) is 5.05. The number of carbonyl (C=O) groups is 1. The van der Waals surface area contributed by atoms with Crippen LogP contribution in [0.5, 0.6) is 0 Å². The van der Waals surface area contributed by atoms with E-state index in [0.717, 1.165) is 18.7 Å². The molecule has 0 bridgehead atoms. The van der Waals surface area contributed by atoms with Gasteiger partial charge in [-0.1, -0.05) is 19.1 Å². The Morgan fingerprint density at radius 3 is 2.76 bits per heavy atom. The van der Waals surface area contributed by atoms with Gasteiger partial charge < -0.3 is 16.0 Å². The molecule has 0 spiro atoms. The molecule has 4 nitrogen and oxygen atoms in total. The standard InChI is InChI=1S/C17H27N3O/c1-4-10-18-12(2)15-6-5-7-16(11-15)20-17(21)19-13(3)14-8-9-14/h5-7,11-14,18H,4,8-10H2,1-3H3,(H2,19,20,21).